The number of likely N-dealkylation sites (tertiary alicyclic amines) is 1. The molecule has 0 bridgehead atoms. The highest BCUT2D eigenvalue weighted by atomic mass is 35.5. The third-order valence-corrected chi connectivity index (χ3v) is 9.20. The van der Waals surface area contributed by atoms with Crippen molar-refractivity contribution in [3.8, 4) is 0 Å². The molecule has 2 aromatic carbocycles. The minimum absolute atomic E-state index is 0.366. The van der Waals surface area contributed by atoms with Crippen molar-refractivity contribution < 1.29 is 28.2 Å². The van der Waals surface area contributed by atoms with Crippen LogP contribution in [-0.4, -0.2) is 65.6 Å². The highest BCUT2D eigenvalue weighted by Crippen LogP contribution is 2.39. The SMILES string of the molecule is Cc1cccc(C(C(=O)O)N(C)CCC(CCCN2CCCCC2)c2cccc(Cl)c2)c1C1CCCCC1.OC(F)(F)F. The number of carboxylic acids is 1. The Labute approximate surface area is 260 Å². The first-order chi connectivity index (χ1) is 20.4. The third-order valence-electron chi connectivity index (χ3n) is 8.97. The number of hydrogen-bond acceptors (Lipinski definition) is 4. The van der Waals surface area contributed by atoms with Crippen LogP contribution in [0.1, 0.15) is 111 Å². The van der Waals surface area contributed by atoms with Crippen molar-refractivity contribution in [2.45, 2.75) is 102 Å². The van der Waals surface area contributed by atoms with Gasteiger partial charge in [-0.25, -0.2) is 0 Å². The topological polar surface area (TPSA) is 64.0 Å². The van der Waals surface area contributed by atoms with Gasteiger partial charge in [-0.1, -0.05) is 67.6 Å². The van der Waals surface area contributed by atoms with Crippen molar-refractivity contribution in [3.63, 3.8) is 0 Å². The second-order valence-electron chi connectivity index (χ2n) is 12.2. The highest BCUT2D eigenvalue weighted by Gasteiger charge is 2.31. The minimum Gasteiger partial charge on any atom is -0.480 e. The van der Waals surface area contributed by atoms with Gasteiger partial charge in [-0.2, -0.15) is 0 Å². The molecule has 5 nitrogen and oxygen atoms in total. The van der Waals surface area contributed by atoms with Crippen LogP contribution in [0.15, 0.2) is 42.5 Å². The molecule has 2 fully saturated rings. The number of halogens is 4. The van der Waals surface area contributed by atoms with Gasteiger partial charge in [0, 0.05) is 5.02 Å². The van der Waals surface area contributed by atoms with E-state index in [9.17, 15) is 23.1 Å². The largest absolute Gasteiger partial charge is 0.519 e. The molecule has 1 saturated heterocycles. The zero-order valence-electron chi connectivity index (χ0n) is 25.6. The van der Waals surface area contributed by atoms with E-state index in [0.717, 1.165) is 42.9 Å². The number of likely N-dealkylation sites (N-methyl/N-ethyl adjacent to an activating group) is 1. The molecule has 4 rings (SSSR count). The summed E-state index contributed by atoms with van der Waals surface area (Å²) < 4.78 is 29.7. The van der Waals surface area contributed by atoms with Crippen molar-refractivity contribution in [3.05, 3.63) is 69.7 Å². The lowest BCUT2D eigenvalue weighted by molar-refractivity contribution is -0.295. The molecular weight excluding hydrogens is 577 g/mol. The third kappa shape index (κ3) is 12.1. The van der Waals surface area contributed by atoms with Gasteiger partial charge in [0.05, 0.1) is 0 Å². The van der Waals surface area contributed by atoms with Crippen LogP contribution in [0.2, 0.25) is 5.02 Å². The van der Waals surface area contributed by atoms with E-state index in [4.69, 9.17) is 16.7 Å². The van der Waals surface area contributed by atoms with Crippen LogP contribution in [0.3, 0.4) is 0 Å². The first kappa shape index (κ1) is 35.4. The molecule has 0 radical (unpaired) electrons. The molecule has 2 aliphatic rings. The number of nitrogens with zero attached hydrogens (tertiary/aromatic N) is 2. The number of rotatable bonds is 12. The molecule has 2 atom stereocenters. The van der Waals surface area contributed by atoms with E-state index in [0.29, 0.717) is 11.8 Å². The summed E-state index contributed by atoms with van der Waals surface area (Å²) in [6, 6.07) is 13.9. The number of aliphatic carboxylic acids is 1. The average molecular weight is 625 g/mol. The van der Waals surface area contributed by atoms with Gasteiger partial charge in [0.1, 0.15) is 6.04 Å². The Morgan fingerprint density at radius 3 is 2.28 bits per heavy atom. The minimum atomic E-state index is -5.00. The van der Waals surface area contributed by atoms with Gasteiger partial charge >= 0.3 is 12.3 Å². The molecule has 1 heterocycles. The summed E-state index contributed by atoms with van der Waals surface area (Å²) in [5.74, 6) is 0.0921. The molecule has 240 valence electrons. The molecule has 1 saturated carbocycles. The van der Waals surface area contributed by atoms with Crippen LogP contribution in [0.4, 0.5) is 13.2 Å². The lowest BCUT2D eigenvalue weighted by Gasteiger charge is -2.32. The van der Waals surface area contributed by atoms with Crippen molar-refractivity contribution >= 4 is 17.6 Å². The van der Waals surface area contributed by atoms with Gasteiger partial charge in [-0.3, -0.25) is 9.69 Å². The molecule has 2 N–H and O–H groups in total. The number of benzene rings is 2. The first-order valence-corrected chi connectivity index (χ1v) is 16.1. The van der Waals surface area contributed by atoms with Crippen LogP contribution in [-0.2, 0) is 4.79 Å². The van der Waals surface area contributed by atoms with Gasteiger partial charge in [0.15, 0.2) is 0 Å². The van der Waals surface area contributed by atoms with Crippen LogP contribution in [0.5, 0.6) is 0 Å². The van der Waals surface area contributed by atoms with Gasteiger partial charge < -0.3 is 15.1 Å². The maximum atomic E-state index is 12.7. The molecule has 0 aromatic heterocycles. The van der Waals surface area contributed by atoms with Gasteiger partial charge in [0.2, 0.25) is 0 Å². The van der Waals surface area contributed by atoms with Crippen molar-refractivity contribution in [1.29, 1.82) is 0 Å². The van der Waals surface area contributed by atoms with Gasteiger partial charge in [0.25, 0.3) is 0 Å². The van der Waals surface area contributed by atoms with E-state index in [2.05, 4.69) is 41.0 Å². The van der Waals surface area contributed by atoms with Crippen LogP contribution in [0.25, 0.3) is 0 Å². The fourth-order valence-corrected chi connectivity index (χ4v) is 7.12. The summed E-state index contributed by atoms with van der Waals surface area (Å²) in [7, 11) is 1.99. The quantitative estimate of drug-likeness (QED) is 0.247. The van der Waals surface area contributed by atoms with E-state index in [1.54, 1.807) is 0 Å². The molecule has 1 aliphatic heterocycles. The zero-order chi connectivity index (χ0) is 31.4. The summed E-state index contributed by atoms with van der Waals surface area (Å²) >= 11 is 6.39. The number of carbonyl (C=O) groups is 1. The lowest BCUT2D eigenvalue weighted by atomic mass is 9.78. The van der Waals surface area contributed by atoms with Crippen molar-refractivity contribution in [2.24, 2.45) is 0 Å². The van der Waals surface area contributed by atoms with Crippen LogP contribution >= 0.6 is 11.6 Å². The van der Waals surface area contributed by atoms with Crippen LogP contribution in [0, 0.1) is 6.92 Å². The smallest absolute Gasteiger partial charge is 0.480 e. The second kappa shape index (κ2) is 17.4. The predicted molar refractivity (Wildman–Crippen MR) is 167 cm³/mol. The predicted octanol–water partition coefficient (Wildman–Crippen LogP) is 8.69. The summed E-state index contributed by atoms with van der Waals surface area (Å²) in [5.41, 5.74) is 4.80. The number of carboxylic acid groups (broad SMARTS) is 1. The van der Waals surface area contributed by atoms with Crippen molar-refractivity contribution in [1.82, 2.24) is 9.80 Å². The summed E-state index contributed by atoms with van der Waals surface area (Å²) in [6.07, 6.45) is 8.30. The van der Waals surface area contributed by atoms with E-state index in [1.165, 1.54) is 81.1 Å². The Morgan fingerprint density at radius 1 is 1.02 bits per heavy atom. The molecule has 2 unspecified atom stereocenters. The van der Waals surface area contributed by atoms with E-state index in [-0.39, 0.29) is 0 Å². The molecule has 2 aromatic rings. The molecular formula is C34H48ClF3N2O3. The number of aryl methyl sites for hydroxylation is 1. The second-order valence-corrected chi connectivity index (χ2v) is 12.6. The number of aliphatic hydroxyl groups is 1. The van der Waals surface area contributed by atoms with E-state index in [1.807, 2.05) is 25.2 Å². The van der Waals surface area contributed by atoms with Gasteiger partial charge in [-0.05, 0) is 131 Å². The Hall–Kier alpha value is -2.13. The lowest BCUT2D eigenvalue weighted by Crippen LogP contribution is -2.34. The monoisotopic (exact) mass is 624 g/mol. The van der Waals surface area contributed by atoms with E-state index >= 15 is 0 Å². The summed E-state index contributed by atoms with van der Waals surface area (Å²) in [4.78, 5) is 17.4. The molecule has 1 aliphatic carbocycles. The normalized spacial score (nSPS) is 18.1. The summed E-state index contributed by atoms with van der Waals surface area (Å²) in [5, 5.41) is 17.7. The van der Waals surface area contributed by atoms with Crippen LogP contribution < -0.4 is 0 Å². The Kier molecular flexibility index (Phi) is 14.3. The van der Waals surface area contributed by atoms with E-state index < -0.39 is 18.4 Å². The average Bonchev–Trinajstić information content (AvgIpc) is 2.95. The summed E-state index contributed by atoms with van der Waals surface area (Å²) in [6.45, 7) is 6.49. The zero-order valence-corrected chi connectivity index (χ0v) is 26.3. The maximum absolute atomic E-state index is 12.7. The first-order valence-electron chi connectivity index (χ1n) is 15.7. The fraction of sp³-hybridized carbons (Fsp3) is 0.618. The highest BCUT2D eigenvalue weighted by molar-refractivity contribution is 6.30. The Morgan fingerprint density at radius 2 is 1.65 bits per heavy atom. The molecule has 0 amide bonds. The standard InChI is InChI=1S/C33H47ClN2O2.CHF3O/c1-25-12-9-18-30(31(25)27-13-5-3-6-14-27)32(33(37)38)35(2)23-19-26(28-15-10-17-29(34)24-28)16-11-22-36-20-7-4-8-21-36;2-1(3,4)5/h9-10,12,15,17-18,24,26-27,32H,3-8,11,13-14,16,19-23H2,1-2H3,(H,37,38);5H. The Bertz CT molecular complexity index is 1130. The fourth-order valence-electron chi connectivity index (χ4n) is 6.92. The molecule has 9 heteroatoms. The maximum Gasteiger partial charge on any atom is 0.519 e. The number of piperidine rings is 1. The molecule has 43 heavy (non-hydrogen) atoms. The van der Waals surface area contributed by atoms with Crippen molar-refractivity contribution in [2.75, 3.05) is 33.2 Å². The Balaban J connectivity index is 0.000000934. The number of hydrogen-bond donors (Lipinski definition) is 2. The number of alkyl halides is 3. The van der Waals surface area contributed by atoms with Gasteiger partial charge in [-0.15, -0.1) is 13.2 Å². The molecule has 0 spiro atoms.